The Morgan fingerprint density at radius 1 is 0.708 bits per heavy atom. The predicted octanol–water partition coefficient (Wildman–Crippen LogP) is 4.07. The van der Waals surface area contributed by atoms with Gasteiger partial charge in [0, 0.05) is 23.2 Å². The van der Waals surface area contributed by atoms with Crippen molar-refractivity contribution in [3.8, 4) is 11.5 Å². The molecule has 4 nitrogen and oxygen atoms in total. The van der Waals surface area contributed by atoms with Crippen LogP contribution in [-0.4, -0.2) is 36.0 Å². The minimum Gasteiger partial charge on any atom is -0.487 e. The summed E-state index contributed by atoms with van der Waals surface area (Å²) in [5.74, 6) is 0.505. The van der Waals surface area contributed by atoms with Crippen molar-refractivity contribution in [2.24, 2.45) is 0 Å². The van der Waals surface area contributed by atoms with E-state index in [1.807, 2.05) is 0 Å². The standard InChI is InChI=1S/C16H12F4N2O2/c17-13(18)7-23-11-3-5-21-15-9(11)1-2-10-12(24-8-14(19)20)4-6-22-16(10)15/h1-6,13-14H,7-8H2. The molecule has 0 N–H and O–H groups in total. The number of ether oxygens (including phenoxy) is 2. The smallest absolute Gasteiger partial charge is 0.272 e. The van der Waals surface area contributed by atoms with Gasteiger partial charge in [0.1, 0.15) is 35.7 Å². The first-order valence-electron chi connectivity index (χ1n) is 7.04. The van der Waals surface area contributed by atoms with Crippen molar-refractivity contribution in [2.75, 3.05) is 13.2 Å². The van der Waals surface area contributed by atoms with Crippen molar-refractivity contribution in [3.05, 3.63) is 36.7 Å². The van der Waals surface area contributed by atoms with Crippen LogP contribution in [0.4, 0.5) is 17.6 Å². The van der Waals surface area contributed by atoms with E-state index in [0.717, 1.165) is 0 Å². The van der Waals surface area contributed by atoms with Crippen LogP contribution in [0.3, 0.4) is 0 Å². The lowest BCUT2D eigenvalue weighted by Gasteiger charge is -2.12. The van der Waals surface area contributed by atoms with Gasteiger partial charge >= 0.3 is 0 Å². The molecule has 0 unspecified atom stereocenters. The van der Waals surface area contributed by atoms with Gasteiger partial charge in [0.2, 0.25) is 0 Å². The zero-order valence-electron chi connectivity index (χ0n) is 12.3. The van der Waals surface area contributed by atoms with Gasteiger partial charge in [-0.25, -0.2) is 17.6 Å². The van der Waals surface area contributed by atoms with E-state index in [2.05, 4.69) is 9.97 Å². The molecule has 2 heterocycles. The largest absolute Gasteiger partial charge is 0.487 e. The number of aromatic nitrogens is 2. The molecule has 0 saturated carbocycles. The highest BCUT2D eigenvalue weighted by Crippen LogP contribution is 2.33. The van der Waals surface area contributed by atoms with E-state index in [-0.39, 0.29) is 11.5 Å². The Kier molecular flexibility index (Phi) is 4.64. The molecule has 0 amide bonds. The first-order chi connectivity index (χ1) is 11.6. The lowest BCUT2D eigenvalue weighted by molar-refractivity contribution is 0.0823. The number of benzene rings is 1. The molecule has 2 aromatic heterocycles. The molecule has 0 aliphatic heterocycles. The summed E-state index contributed by atoms with van der Waals surface area (Å²) in [6.07, 6.45) is -2.37. The van der Waals surface area contributed by atoms with Gasteiger partial charge in [0.15, 0.2) is 0 Å². The van der Waals surface area contributed by atoms with Crippen LogP contribution in [0.2, 0.25) is 0 Å². The summed E-state index contributed by atoms with van der Waals surface area (Å²) in [4.78, 5) is 8.40. The fourth-order valence-electron chi connectivity index (χ4n) is 2.33. The van der Waals surface area contributed by atoms with Crippen LogP contribution < -0.4 is 9.47 Å². The predicted molar refractivity (Wildman–Crippen MR) is 80.0 cm³/mol. The average Bonchev–Trinajstić information content (AvgIpc) is 2.57. The lowest BCUT2D eigenvalue weighted by Crippen LogP contribution is -2.08. The Balaban J connectivity index is 2.07. The second-order valence-electron chi connectivity index (χ2n) is 4.88. The quantitative estimate of drug-likeness (QED) is 0.501. The molecular formula is C16H12F4N2O2. The highest BCUT2D eigenvalue weighted by atomic mass is 19.3. The summed E-state index contributed by atoms with van der Waals surface area (Å²) >= 11 is 0. The van der Waals surface area contributed by atoms with E-state index in [4.69, 9.17) is 9.47 Å². The molecule has 0 atom stereocenters. The highest BCUT2D eigenvalue weighted by Gasteiger charge is 2.13. The van der Waals surface area contributed by atoms with Crippen LogP contribution in [-0.2, 0) is 0 Å². The minimum atomic E-state index is -2.60. The van der Waals surface area contributed by atoms with Crippen LogP contribution in [0.5, 0.6) is 11.5 Å². The number of nitrogens with zero attached hydrogens (tertiary/aromatic N) is 2. The Morgan fingerprint density at radius 2 is 1.12 bits per heavy atom. The van der Waals surface area contributed by atoms with E-state index >= 15 is 0 Å². The summed E-state index contributed by atoms with van der Waals surface area (Å²) in [6.45, 7) is -1.47. The van der Waals surface area contributed by atoms with E-state index in [1.165, 1.54) is 24.5 Å². The number of pyridine rings is 2. The summed E-state index contributed by atoms with van der Waals surface area (Å²) < 4.78 is 59.6. The van der Waals surface area contributed by atoms with Crippen LogP contribution in [0.15, 0.2) is 36.7 Å². The molecule has 0 fully saturated rings. The lowest BCUT2D eigenvalue weighted by atomic mass is 10.1. The Morgan fingerprint density at radius 3 is 1.50 bits per heavy atom. The topological polar surface area (TPSA) is 44.2 Å². The Labute approximate surface area is 134 Å². The van der Waals surface area contributed by atoms with Crippen LogP contribution in [0, 0.1) is 0 Å². The zero-order chi connectivity index (χ0) is 17.1. The van der Waals surface area contributed by atoms with Gasteiger partial charge in [0.25, 0.3) is 12.9 Å². The molecular weight excluding hydrogens is 328 g/mol. The number of fused-ring (bicyclic) bond motifs is 3. The molecule has 3 aromatic rings. The maximum atomic E-state index is 12.3. The number of hydrogen-bond donors (Lipinski definition) is 0. The van der Waals surface area contributed by atoms with Gasteiger partial charge in [-0.3, -0.25) is 9.97 Å². The Bertz CT molecular complexity index is 787. The van der Waals surface area contributed by atoms with Crippen LogP contribution in [0.25, 0.3) is 21.8 Å². The maximum Gasteiger partial charge on any atom is 0.272 e. The molecule has 3 rings (SSSR count). The van der Waals surface area contributed by atoms with Crippen molar-refractivity contribution >= 4 is 21.8 Å². The monoisotopic (exact) mass is 340 g/mol. The summed E-state index contributed by atoms with van der Waals surface area (Å²) in [7, 11) is 0. The Hall–Kier alpha value is -2.64. The highest BCUT2D eigenvalue weighted by molar-refractivity contribution is 6.06. The third-order valence-electron chi connectivity index (χ3n) is 3.27. The van der Waals surface area contributed by atoms with Crippen molar-refractivity contribution < 1.29 is 27.0 Å². The number of alkyl halides is 4. The van der Waals surface area contributed by atoms with Gasteiger partial charge in [-0.05, 0) is 24.3 Å². The maximum absolute atomic E-state index is 12.3. The van der Waals surface area contributed by atoms with Crippen LogP contribution >= 0.6 is 0 Å². The second-order valence-corrected chi connectivity index (χ2v) is 4.88. The van der Waals surface area contributed by atoms with Gasteiger partial charge in [-0.2, -0.15) is 0 Å². The summed E-state index contributed by atoms with van der Waals surface area (Å²) in [6, 6.07) is 6.19. The number of rotatable bonds is 6. The SMILES string of the molecule is FC(F)COc1ccnc2c1ccc1c(OCC(F)F)ccnc12. The first-order valence-corrected chi connectivity index (χ1v) is 7.04. The molecule has 0 radical (unpaired) electrons. The first kappa shape index (κ1) is 16.2. The second kappa shape index (κ2) is 6.86. The van der Waals surface area contributed by atoms with E-state index < -0.39 is 26.1 Å². The molecule has 8 heteroatoms. The van der Waals surface area contributed by atoms with Crippen molar-refractivity contribution in [3.63, 3.8) is 0 Å². The van der Waals surface area contributed by atoms with Gasteiger partial charge in [-0.1, -0.05) is 0 Å². The molecule has 126 valence electrons. The molecule has 0 saturated heterocycles. The van der Waals surface area contributed by atoms with E-state index in [1.54, 1.807) is 12.1 Å². The molecule has 1 aromatic carbocycles. The molecule has 0 aliphatic carbocycles. The fourth-order valence-corrected chi connectivity index (χ4v) is 2.33. The molecule has 0 aliphatic rings. The third-order valence-corrected chi connectivity index (χ3v) is 3.27. The zero-order valence-corrected chi connectivity index (χ0v) is 12.3. The van der Waals surface area contributed by atoms with Gasteiger partial charge in [0.05, 0.1) is 0 Å². The summed E-state index contributed by atoms with van der Waals surface area (Å²) in [5, 5.41) is 1.01. The van der Waals surface area contributed by atoms with E-state index in [0.29, 0.717) is 21.8 Å². The fraction of sp³-hybridized carbons (Fsp3) is 0.250. The number of halogens is 4. The third kappa shape index (κ3) is 3.32. The van der Waals surface area contributed by atoms with Gasteiger partial charge < -0.3 is 9.47 Å². The van der Waals surface area contributed by atoms with Crippen LogP contribution in [0.1, 0.15) is 0 Å². The van der Waals surface area contributed by atoms with E-state index in [9.17, 15) is 17.6 Å². The minimum absolute atomic E-state index is 0.253. The molecule has 24 heavy (non-hydrogen) atoms. The number of hydrogen-bond acceptors (Lipinski definition) is 4. The van der Waals surface area contributed by atoms with Gasteiger partial charge in [-0.15, -0.1) is 0 Å². The normalized spacial score (nSPS) is 11.6. The summed E-state index contributed by atoms with van der Waals surface area (Å²) in [5.41, 5.74) is 0.837. The molecule has 0 bridgehead atoms. The average molecular weight is 340 g/mol. The molecule has 0 spiro atoms. The van der Waals surface area contributed by atoms with Crippen molar-refractivity contribution in [1.29, 1.82) is 0 Å². The van der Waals surface area contributed by atoms with Crippen molar-refractivity contribution in [2.45, 2.75) is 12.9 Å². The van der Waals surface area contributed by atoms with Crippen molar-refractivity contribution in [1.82, 2.24) is 9.97 Å².